The van der Waals surface area contributed by atoms with Crippen LogP contribution in [0.3, 0.4) is 0 Å². The first-order valence-electron chi connectivity index (χ1n) is 3.02. The summed E-state index contributed by atoms with van der Waals surface area (Å²) in [4.78, 5) is 0. The van der Waals surface area contributed by atoms with Gasteiger partial charge in [-0.05, 0) is 6.92 Å². The third-order valence-electron chi connectivity index (χ3n) is 0. The SMILES string of the molecule is C.CC.CC.CCO. The van der Waals surface area contributed by atoms with E-state index in [1.807, 2.05) is 27.7 Å². The molecule has 0 saturated heterocycles. The van der Waals surface area contributed by atoms with E-state index in [1.54, 1.807) is 6.92 Å². The highest BCUT2D eigenvalue weighted by molar-refractivity contribution is 3.84. The predicted molar refractivity (Wildman–Crippen MR) is 42.2 cm³/mol. The second-order valence-electron chi connectivity index (χ2n) is 0.316. The second-order valence-corrected chi connectivity index (χ2v) is 0.316. The molecule has 0 radical (unpaired) electrons. The highest BCUT2D eigenvalue weighted by Gasteiger charge is 1.34. The van der Waals surface area contributed by atoms with Crippen molar-refractivity contribution in [2.75, 3.05) is 6.61 Å². The van der Waals surface area contributed by atoms with Crippen molar-refractivity contribution >= 4 is 0 Å². The standard InChI is InChI=1S/C2H6O.2C2H6.CH4/c1-2-3;2*1-2;/h3H,2H2,1H3;2*1-2H3;1H4. The molecule has 0 aliphatic rings. The van der Waals surface area contributed by atoms with Gasteiger partial charge in [-0.25, -0.2) is 0 Å². The number of hydrogen-bond acceptors (Lipinski definition) is 1. The van der Waals surface area contributed by atoms with Gasteiger partial charge in [-0.2, -0.15) is 0 Å². The highest BCUT2D eigenvalue weighted by atomic mass is 16.2. The largest absolute Gasteiger partial charge is 0.397 e. The highest BCUT2D eigenvalue weighted by Crippen LogP contribution is 1.30. The van der Waals surface area contributed by atoms with Gasteiger partial charge < -0.3 is 5.11 Å². The zero-order chi connectivity index (χ0) is 6.71. The summed E-state index contributed by atoms with van der Waals surface area (Å²) < 4.78 is 0. The van der Waals surface area contributed by atoms with Gasteiger partial charge in [0.15, 0.2) is 0 Å². The summed E-state index contributed by atoms with van der Waals surface area (Å²) in [5.74, 6) is 0. The molecular formula is C7H22O. The number of aliphatic hydroxyl groups excluding tert-OH is 1. The van der Waals surface area contributed by atoms with Crippen molar-refractivity contribution in [3.05, 3.63) is 0 Å². The summed E-state index contributed by atoms with van der Waals surface area (Å²) in [6.45, 7) is 9.93. The minimum Gasteiger partial charge on any atom is -0.397 e. The Bertz CT molecular complexity index is 4.35. The molecule has 0 aromatic rings. The minimum atomic E-state index is 0. The summed E-state index contributed by atoms with van der Waals surface area (Å²) in [7, 11) is 0. The van der Waals surface area contributed by atoms with E-state index >= 15 is 0 Å². The Morgan fingerprint density at radius 2 is 1.00 bits per heavy atom. The molecule has 0 aliphatic heterocycles. The molecular weight excluding hydrogens is 100 g/mol. The van der Waals surface area contributed by atoms with Crippen molar-refractivity contribution in [1.82, 2.24) is 0 Å². The van der Waals surface area contributed by atoms with Crippen LogP contribution in [0.2, 0.25) is 0 Å². The summed E-state index contributed by atoms with van der Waals surface area (Å²) in [6, 6.07) is 0. The Morgan fingerprint density at radius 3 is 1.00 bits per heavy atom. The molecule has 8 heavy (non-hydrogen) atoms. The predicted octanol–water partition coefficient (Wildman–Crippen LogP) is 2.69. The van der Waals surface area contributed by atoms with Crippen molar-refractivity contribution < 1.29 is 5.11 Å². The molecule has 1 nitrogen and oxygen atoms in total. The van der Waals surface area contributed by atoms with E-state index in [0.29, 0.717) is 0 Å². The molecule has 1 heteroatoms. The zero-order valence-corrected chi connectivity index (χ0v) is 6.15. The zero-order valence-electron chi connectivity index (χ0n) is 6.15. The molecule has 0 atom stereocenters. The van der Waals surface area contributed by atoms with Gasteiger partial charge in [0.2, 0.25) is 0 Å². The van der Waals surface area contributed by atoms with E-state index in [0.717, 1.165) is 0 Å². The molecule has 0 bridgehead atoms. The van der Waals surface area contributed by atoms with Crippen molar-refractivity contribution in [1.29, 1.82) is 0 Å². The Hall–Kier alpha value is -0.0400. The molecule has 0 heterocycles. The summed E-state index contributed by atoms with van der Waals surface area (Å²) in [5.41, 5.74) is 0. The van der Waals surface area contributed by atoms with Crippen LogP contribution in [0.25, 0.3) is 0 Å². The Kier molecular flexibility index (Phi) is 825. The van der Waals surface area contributed by atoms with E-state index < -0.39 is 0 Å². The minimum absolute atomic E-state index is 0. The van der Waals surface area contributed by atoms with Crippen molar-refractivity contribution in [3.63, 3.8) is 0 Å². The van der Waals surface area contributed by atoms with Gasteiger partial charge >= 0.3 is 0 Å². The van der Waals surface area contributed by atoms with Gasteiger partial charge in [0.1, 0.15) is 0 Å². The van der Waals surface area contributed by atoms with E-state index in [4.69, 9.17) is 5.11 Å². The molecule has 0 rings (SSSR count). The van der Waals surface area contributed by atoms with Crippen LogP contribution in [-0.2, 0) is 0 Å². The van der Waals surface area contributed by atoms with E-state index in [1.165, 1.54) is 0 Å². The van der Waals surface area contributed by atoms with Crippen molar-refractivity contribution in [2.45, 2.75) is 42.0 Å². The summed E-state index contributed by atoms with van der Waals surface area (Å²) in [6.07, 6.45) is 0. The monoisotopic (exact) mass is 122 g/mol. The summed E-state index contributed by atoms with van der Waals surface area (Å²) in [5, 5.41) is 7.57. The molecule has 0 amide bonds. The maximum atomic E-state index is 7.57. The lowest BCUT2D eigenvalue weighted by molar-refractivity contribution is 0.318. The Labute approximate surface area is 54.7 Å². The maximum Gasteiger partial charge on any atom is 0.0402 e. The van der Waals surface area contributed by atoms with Crippen LogP contribution >= 0.6 is 0 Å². The topological polar surface area (TPSA) is 20.2 Å². The molecule has 0 unspecified atom stereocenters. The Morgan fingerprint density at radius 1 is 1.00 bits per heavy atom. The van der Waals surface area contributed by atoms with Gasteiger partial charge in [-0.1, -0.05) is 35.1 Å². The first-order valence-corrected chi connectivity index (χ1v) is 3.02. The fourth-order valence-electron chi connectivity index (χ4n) is 0. The average Bonchev–Trinajstić information content (AvgIpc) is 1.78. The Balaban J connectivity index is -0.0000000147. The summed E-state index contributed by atoms with van der Waals surface area (Å²) >= 11 is 0. The molecule has 0 fully saturated rings. The van der Waals surface area contributed by atoms with Gasteiger partial charge in [0, 0.05) is 6.61 Å². The maximum absolute atomic E-state index is 7.57. The second kappa shape index (κ2) is 268. The molecule has 0 spiro atoms. The van der Waals surface area contributed by atoms with Gasteiger partial charge in [-0.15, -0.1) is 0 Å². The van der Waals surface area contributed by atoms with Crippen LogP contribution in [0.5, 0.6) is 0 Å². The number of aliphatic hydroxyl groups is 1. The van der Waals surface area contributed by atoms with Crippen LogP contribution in [-0.4, -0.2) is 11.7 Å². The molecule has 0 aromatic carbocycles. The lowest BCUT2D eigenvalue weighted by Crippen LogP contribution is -1.57. The normalized spacial score (nSPS) is 3.75. The van der Waals surface area contributed by atoms with Gasteiger partial charge in [-0.3, -0.25) is 0 Å². The van der Waals surface area contributed by atoms with Crippen molar-refractivity contribution in [2.24, 2.45) is 0 Å². The number of rotatable bonds is 0. The van der Waals surface area contributed by atoms with Crippen LogP contribution in [0, 0.1) is 0 Å². The third-order valence-corrected chi connectivity index (χ3v) is 0. The number of hydrogen-bond donors (Lipinski definition) is 1. The average molecular weight is 122 g/mol. The van der Waals surface area contributed by atoms with Crippen LogP contribution in [0.4, 0.5) is 0 Å². The first kappa shape index (κ1) is 24.6. The molecule has 56 valence electrons. The smallest absolute Gasteiger partial charge is 0.0402 e. The molecule has 0 aliphatic carbocycles. The van der Waals surface area contributed by atoms with E-state index in [9.17, 15) is 0 Å². The fourth-order valence-corrected chi connectivity index (χ4v) is 0. The van der Waals surface area contributed by atoms with Gasteiger partial charge in [0.25, 0.3) is 0 Å². The fraction of sp³-hybridized carbons (Fsp3) is 1.00. The third kappa shape index (κ3) is 91600. The molecule has 1 N–H and O–H groups in total. The molecule has 0 aromatic heterocycles. The van der Waals surface area contributed by atoms with Crippen molar-refractivity contribution in [3.8, 4) is 0 Å². The van der Waals surface area contributed by atoms with Crippen LogP contribution < -0.4 is 0 Å². The first-order chi connectivity index (χ1) is 3.41. The lowest BCUT2D eigenvalue weighted by atomic mass is 10.9. The van der Waals surface area contributed by atoms with E-state index in [-0.39, 0.29) is 14.0 Å². The van der Waals surface area contributed by atoms with Crippen LogP contribution in [0.15, 0.2) is 0 Å². The van der Waals surface area contributed by atoms with Gasteiger partial charge in [0.05, 0.1) is 0 Å². The quantitative estimate of drug-likeness (QED) is 0.523. The van der Waals surface area contributed by atoms with E-state index in [2.05, 4.69) is 0 Å². The van der Waals surface area contributed by atoms with Crippen LogP contribution in [0.1, 0.15) is 42.0 Å². The molecule has 0 saturated carbocycles. The lowest BCUT2D eigenvalue weighted by Gasteiger charge is -1.52.